The number of benzene rings is 1. The van der Waals surface area contributed by atoms with Crippen LogP contribution in [0, 0.1) is 6.92 Å². The van der Waals surface area contributed by atoms with Crippen molar-refractivity contribution < 1.29 is 5.11 Å². The molecule has 0 aliphatic heterocycles. The van der Waals surface area contributed by atoms with E-state index in [4.69, 9.17) is 0 Å². The van der Waals surface area contributed by atoms with Gasteiger partial charge in [0.05, 0.1) is 22.5 Å². The summed E-state index contributed by atoms with van der Waals surface area (Å²) >= 11 is 7.05. The van der Waals surface area contributed by atoms with Crippen LogP contribution >= 0.6 is 31.9 Å². The van der Waals surface area contributed by atoms with Gasteiger partial charge in [0.15, 0.2) is 0 Å². The molecule has 20 heavy (non-hydrogen) atoms. The molecule has 1 unspecified atom stereocenters. The Balaban J connectivity index is 2.28. The Morgan fingerprint density at radius 2 is 1.90 bits per heavy atom. The molecule has 0 amide bonds. The third-order valence-electron chi connectivity index (χ3n) is 3.45. The maximum atomic E-state index is 9.71. The number of aliphatic hydroxyl groups is 1. The van der Waals surface area contributed by atoms with Gasteiger partial charge in [-0.05, 0) is 53.9 Å². The summed E-state index contributed by atoms with van der Waals surface area (Å²) in [5.74, 6) is 0.0841. The van der Waals surface area contributed by atoms with Crippen LogP contribution in [0.4, 0.5) is 0 Å². The highest BCUT2D eigenvalue weighted by Crippen LogP contribution is 2.28. The predicted molar refractivity (Wildman–Crippen MR) is 88.0 cm³/mol. The molecule has 0 saturated carbocycles. The van der Waals surface area contributed by atoms with Gasteiger partial charge in [-0.25, -0.2) is 0 Å². The lowest BCUT2D eigenvalue weighted by Gasteiger charge is -2.16. The van der Waals surface area contributed by atoms with Gasteiger partial charge < -0.3 is 5.11 Å². The first-order chi connectivity index (χ1) is 9.56. The Bertz CT molecular complexity index is 578. The quantitative estimate of drug-likeness (QED) is 0.820. The van der Waals surface area contributed by atoms with E-state index in [0.717, 1.165) is 38.9 Å². The zero-order valence-electron chi connectivity index (χ0n) is 11.6. The van der Waals surface area contributed by atoms with Crippen LogP contribution in [0.25, 0.3) is 0 Å². The standard InChI is InChI=1S/C15H18Br2N2O/c1-3-19-14(15(17)10(2)18-19)8-12(9-20)11-4-6-13(16)7-5-11/h4-7,12,20H,3,8-9H2,1-2H3. The van der Waals surface area contributed by atoms with Crippen molar-refractivity contribution in [3.63, 3.8) is 0 Å². The van der Waals surface area contributed by atoms with Crippen LogP contribution in [0.3, 0.4) is 0 Å². The van der Waals surface area contributed by atoms with Crippen molar-refractivity contribution in [3.8, 4) is 0 Å². The predicted octanol–water partition coefficient (Wildman–Crippen LogP) is 4.06. The molecule has 0 saturated heterocycles. The number of aryl methyl sites for hydroxylation is 2. The number of rotatable bonds is 5. The third kappa shape index (κ3) is 3.32. The first kappa shape index (κ1) is 15.7. The van der Waals surface area contributed by atoms with Crippen LogP contribution in [0.2, 0.25) is 0 Å². The second kappa shape index (κ2) is 6.87. The summed E-state index contributed by atoms with van der Waals surface area (Å²) in [4.78, 5) is 0. The van der Waals surface area contributed by atoms with Gasteiger partial charge in [-0.15, -0.1) is 0 Å². The average molecular weight is 402 g/mol. The number of aliphatic hydroxyl groups excluding tert-OH is 1. The highest BCUT2D eigenvalue weighted by molar-refractivity contribution is 9.10. The topological polar surface area (TPSA) is 38.0 Å². The summed E-state index contributed by atoms with van der Waals surface area (Å²) in [5.41, 5.74) is 3.28. The van der Waals surface area contributed by atoms with Gasteiger partial charge >= 0.3 is 0 Å². The zero-order chi connectivity index (χ0) is 14.7. The first-order valence-electron chi connectivity index (χ1n) is 6.64. The average Bonchev–Trinajstić information content (AvgIpc) is 2.73. The van der Waals surface area contributed by atoms with Gasteiger partial charge in [-0.3, -0.25) is 4.68 Å². The van der Waals surface area contributed by atoms with Crippen molar-refractivity contribution in [1.29, 1.82) is 0 Å². The molecule has 0 aliphatic rings. The second-order valence-electron chi connectivity index (χ2n) is 4.80. The van der Waals surface area contributed by atoms with Crippen molar-refractivity contribution in [2.75, 3.05) is 6.61 Å². The lowest BCUT2D eigenvalue weighted by atomic mass is 9.95. The summed E-state index contributed by atoms with van der Waals surface area (Å²) in [6, 6.07) is 8.13. The van der Waals surface area contributed by atoms with Crippen LogP contribution in [0.5, 0.6) is 0 Å². The lowest BCUT2D eigenvalue weighted by molar-refractivity contribution is 0.262. The summed E-state index contributed by atoms with van der Waals surface area (Å²) in [5, 5.41) is 14.2. The summed E-state index contributed by atoms with van der Waals surface area (Å²) in [6.45, 7) is 5.03. The minimum atomic E-state index is 0.0841. The van der Waals surface area contributed by atoms with Gasteiger partial charge in [-0.2, -0.15) is 5.10 Å². The maximum Gasteiger partial charge on any atom is 0.0738 e. The number of aromatic nitrogens is 2. The van der Waals surface area contributed by atoms with E-state index in [1.807, 2.05) is 23.7 Å². The molecule has 1 heterocycles. The molecule has 3 nitrogen and oxygen atoms in total. The molecule has 1 N–H and O–H groups in total. The van der Waals surface area contributed by atoms with Crippen LogP contribution in [-0.2, 0) is 13.0 Å². The molecule has 1 atom stereocenters. The van der Waals surface area contributed by atoms with Crippen LogP contribution < -0.4 is 0 Å². The molecule has 0 spiro atoms. The van der Waals surface area contributed by atoms with E-state index < -0.39 is 0 Å². The van der Waals surface area contributed by atoms with Crippen LogP contribution in [0.1, 0.15) is 29.8 Å². The fourth-order valence-corrected chi connectivity index (χ4v) is 3.03. The van der Waals surface area contributed by atoms with Crippen LogP contribution in [0.15, 0.2) is 33.2 Å². The van der Waals surface area contributed by atoms with Gasteiger partial charge in [-0.1, -0.05) is 28.1 Å². The Hall–Kier alpha value is -0.650. The van der Waals surface area contributed by atoms with Crippen molar-refractivity contribution in [2.45, 2.75) is 32.7 Å². The SMILES string of the molecule is CCn1nc(C)c(Br)c1CC(CO)c1ccc(Br)cc1. The number of halogens is 2. The van der Waals surface area contributed by atoms with Gasteiger partial charge in [0.2, 0.25) is 0 Å². The smallest absolute Gasteiger partial charge is 0.0738 e. The summed E-state index contributed by atoms with van der Waals surface area (Å²) in [7, 11) is 0. The highest BCUT2D eigenvalue weighted by atomic mass is 79.9. The zero-order valence-corrected chi connectivity index (χ0v) is 14.8. The minimum Gasteiger partial charge on any atom is -0.396 e. The Kier molecular flexibility index (Phi) is 5.41. The van der Waals surface area contributed by atoms with Gasteiger partial charge in [0.1, 0.15) is 0 Å². The summed E-state index contributed by atoms with van der Waals surface area (Å²) in [6.07, 6.45) is 0.771. The fourth-order valence-electron chi connectivity index (χ4n) is 2.32. The minimum absolute atomic E-state index is 0.0841. The summed E-state index contributed by atoms with van der Waals surface area (Å²) < 4.78 is 4.10. The normalized spacial score (nSPS) is 12.7. The molecular formula is C15H18Br2N2O. The Labute approximate surface area is 136 Å². The number of hydrogen-bond donors (Lipinski definition) is 1. The molecule has 5 heteroatoms. The highest BCUT2D eigenvalue weighted by Gasteiger charge is 2.18. The van der Waals surface area contributed by atoms with E-state index in [9.17, 15) is 5.11 Å². The molecule has 0 fully saturated rings. The molecular weight excluding hydrogens is 384 g/mol. The molecule has 0 radical (unpaired) electrons. The van der Waals surface area contributed by atoms with E-state index in [1.165, 1.54) is 0 Å². The van der Waals surface area contributed by atoms with E-state index in [0.29, 0.717) is 0 Å². The van der Waals surface area contributed by atoms with Crippen molar-refractivity contribution in [1.82, 2.24) is 9.78 Å². The maximum absolute atomic E-state index is 9.71. The molecule has 2 aromatic rings. The van der Waals surface area contributed by atoms with E-state index in [2.05, 4.69) is 56.0 Å². The van der Waals surface area contributed by atoms with Gasteiger partial charge in [0.25, 0.3) is 0 Å². The second-order valence-corrected chi connectivity index (χ2v) is 6.51. The Morgan fingerprint density at radius 1 is 1.25 bits per heavy atom. The van der Waals surface area contributed by atoms with E-state index >= 15 is 0 Å². The largest absolute Gasteiger partial charge is 0.396 e. The van der Waals surface area contributed by atoms with Crippen LogP contribution in [-0.4, -0.2) is 21.5 Å². The van der Waals surface area contributed by atoms with Crippen molar-refractivity contribution >= 4 is 31.9 Å². The Morgan fingerprint density at radius 3 is 2.45 bits per heavy atom. The molecule has 1 aromatic heterocycles. The van der Waals surface area contributed by atoms with Crippen molar-refractivity contribution in [3.05, 3.63) is 50.2 Å². The number of hydrogen-bond acceptors (Lipinski definition) is 2. The number of nitrogens with zero attached hydrogens (tertiary/aromatic N) is 2. The molecule has 0 aliphatic carbocycles. The molecule has 108 valence electrons. The van der Waals surface area contributed by atoms with E-state index in [-0.39, 0.29) is 12.5 Å². The third-order valence-corrected chi connectivity index (χ3v) is 5.01. The lowest BCUT2D eigenvalue weighted by Crippen LogP contribution is -2.12. The molecule has 0 bridgehead atoms. The van der Waals surface area contributed by atoms with Crippen molar-refractivity contribution in [2.24, 2.45) is 0 Å². The fraction of sp³-hybridized carbons (Fsp3) is 0.400. The monoisotopic (exact) mass is 400 g/mol. The first-order valence-corrected chi connectivity index (χ1v) is 8.23. The molecule has 2 rings (SSSR count). The molecule has 1 aromatic carbocycles. The van der Waals surface area contributed by atoms with Gasteiger partial charge in [0, 0.05) is 16.9 Å². The van der Waals surface area contributed by atoms with E-state index in [1.54, 1.807) is 0 Å².